The molecule has 1 heterocycles. The lowest BCUT2D eigenvalue weighted by Gasteiger charge is -2.33. The normalized spacial score (nSPS) is 20.4. The van der Waals surface area contributed by atoms with Crippen molar-refractivity contribution in [3.8, 4) is 0 Å². The van der Waals surface area contributed by atoms with E-state index in [9.17, 15) is 4.79 Å². The Morgan fingerprint density at radius 2 is 2.08 bits per heavy atom. The van der Waals surface area contributed by atoms with Crippen LogP contribution in [0.5, 0.6) is 0 Å². The van der Waals surface area contributed by atoms with Crippen LogP contribution in [0.3, 0.4) is 0 Å². The number of hydrogen-bond donors (Lipinski definition) is 2. The summed E-state index contributed by atoms with van der Waals surface area (Å²) in [5, 5.41) is 11.6. The molecule has 2 N–H and O–H groups in total. The van der Waals surface area contributed by atoms with Gasteiger partial charge in [0.2, 0.25) is 0 Å². The summed E-state index contributed by atoms with van der Waals surface area (Å²) in [6.45, 7) is 3.61. The first-order valence-corrected chi connectivity index (χ1v) is 4.19. The van der Waals surface area contributed by atoms with Crippen molar-refractivity contribution in [1.29, 1.82) is 0 Å². The third-order valence-corrected chi connectivity index (χ3v) is 2.21. The molecule has 1 rings (SSSR count). The smallest absolute Gasteiger partial charge is 0.329 e. The summed E-state index contributed by atoms with van der Waals surface area (Å²) in [4.78, 5) is 10.2. The third-order valence-electron chi connectivity index (χ3n) is 2.21. The molecule has 0 amide bonds. The van der Waals surface area contributed by atoms with Crippen molar-refractivity contribution in [3.63, 3.8) is 0 Å². The molecule has 13 heavy (non-hydrogen) atoms. The molecule has 0 atom stereocenters. The van der Waals surface area contributed by atoms with E-state index in [-0.39, 0.29) is 24.6 Å². The molecule has 5 heteroatoms. The average molecular weight is 210 g/mol. The van der Waals surface area contributed by atoms with Crippen LogP contribution in [0.25, 0.3) is 0 Å². The maximum Gasteiger partial charge on any atom is 0.329 e. The first-order chi connectivity index (χ1) is 5.62. The first kappa shape index (κ1) is 12.7. The van der Waals surface area contributed by atoms with Crippen LogP contribution in [0.4, 0.5) is 0 Å². The summed E-state index contributed by atoms with van der Waals surface area (Å²) < 4.78 is 5.29. The van der Waals surface area contributed by atoms with E-state index in [4.69, 9.17) is 9.84 Å². The molecule has 0 unspecified atom stereocenters. The van der Waals surface area contributed by atoms with E-state index in [0.29, 0.717) is 0 Å². The molecule has 0 bridgehead atoms. The highest BCUT2D eigenvalue weighted by atomic mass is 35.5. The quantitative estimate of drug-likeness (QED) is 0.717. The van der Waals surface area contributed by atoms with Crippen LogP contribution in [-0.2, 0) is 9.53 Å². The number of nitrogens with one attached hydrogen (secondary N) is 1. The van der Waals surface area contributed by atoms with Gasteiger partial charge in [-0.05, 0) is 32.9 Å². The lowest BCUT2D eigenvalue weighted by atomic mass is 9.95. The monoisotopic (exact) mass is 209 g/mol. The van der Waals surface area contributed by atoms with Gasteiger partial charge in [-0.25, -0.2) is 4.79 Å². The van der Waals surface area contributed by atoms with Crippen molar-refractivity contribution >= 4 is 18.4 Å². The van der Waals surface area contributed by atoms with Crippen molar-refractivity contribution in [2.24, 2.45) is 0 Å². The summed E-state index contributed by atoms with van der Waals surface area (Å²) in [5.74, 6) is -0.894. The topological polar surface area (TPSA) is 58.6 Å². The van der Waals surface area contributed by atoms with Crippen LogP contribution in [0.1, 0.15) is 19.8 Å². The third kappa shape index (κ3) is 4.45. The van der Waals surface area contributed by atoms with Gasteiger partial charge in [-0.3, -0.25) is 0 Å². The van der Waals surface area contributed by atoms with E-state index in [0.717, 1.165) is 25.9 Å². The lowest BCUT2D eigenvalue weighted by molar-refractivity contribution is -0.150. The van der Waals surface area contributed by atoms with Gasteiger partial charge >= 0.3 is 5.97 Å². The zero-order valence-electron chi connectivity index (χ0n) is 7.71. The van der Waals surface area contributed by atoms with Crippen molar-refractivity contribution < 1.29 is 14.6 Å². The van der Waals surface area contributed by atoms with E-state index >= 15 is 0 Å². The highest BCUT2D eigenvalue weighted by molar-refractivity contribution is 5.85. The van der Waals surface area contributed by atoms with Crippen LogP contribution in [0.15, 0.2) is 0 Å². The number of halogens is 1. The van der Waals surface area contributed by atoms with Gasteiger partial charge in [-0.1, -0.05) is 0 Å². The van der Waals surface area contributed by atoms with Crippen molar-refractivity contribution in [1.82, 2.24) is 5.32 Å². The Morgan fingerprint density at radius 3 is 2.54 bits per heavy atom. The molecule has 0 saturated carbocycles. The number of rotatable bonds is 3. The second-order valence-electron chi connectivity index (χ2n) is 3.38. The lowest BCUT2D eigenvalue weighted by Crippen LogP contribution is -2.42. The second-order valence-corrected chi connectivity index (χ2v) is 3.38. The minimum atomic E-state index is -0.894. The van der Waals surface area contributed by atoms with Gasteiger partial charge in [0.15, 0.2) is 0 Å². The molecule has 1 fully saturated rings. The molecule has 0 aromatic heterocycles. The summed E-state index contributed by atoms with van der Waals surface area (Å²) >= 11 is 0. The van der Waals surface area contributed by atoms with Gasteiger partial charge in [0, 0.05) is 0 Å². The van der Waals surface area contributed by atoms with E-state index in [1.165, 1.54) is 0 Å². The molecular formula is C8H16ClNO3. The Morgan fingerprint density at radius 1 is 1.54 bits per heavy atom. The molecule has 78 valence electrons. The number of carboxylic acids is 1. The molecule has 1 aliphatic heterocycles. The van der Waals surface area contributed by atoms with Crippen LogP contribution < -0.4 is 5.32 Å². The average Bonchev–Trinajstić information content (AvgIpc) is 2.03. The molecule has 0 spiro atoms. The summed E-state index contributed by atoms with van der Waals surface area (Å²) in [7, 11) is 0. The molecule has 1 saturated heterocycles. The van der Waals surface area contributed by atoms with Crippen molar-refractivity contribution in [3.05, 3.63) is 0 Å². The number of aliphatic carboxylic acids is 1. The van der Waals surface area contributed by atoms with Crippen molar-refractivity contribution in [2.75, 3.05) is 19.7 Å². The fourth-order valence-electron chi connectivity index (χ4n) is 1.34. The summed E-state index contributed by atoms with van der Waals surface area (Å²) in [5.41, 5.74) is -0.232. The number of carbonyl (C=O) groups is 1. The number of piperidine rings is 1. The van der Waals surface area contributed by atoms with E-state index in [2.05, 4.69) is 5.32 Å². The molecule has 1 aliphatic rings. The van der Waals surface area contributed by atoms with Crippen LogP contribution in [-0.4, -0.2) is 36.4 Å². The Hall–Kier alpha value is -0.320. The first-order valence-electron chi connectivity index (χ1n) is 4.19. The second kappa shape index (κ2) is 5.42. The highest BCUT2D eigenvalue weighted by Gasteiger charge is 2.27. The van der Waals surface area contributed by atoms with Gasteiger partial charge in [-0.15, -0.1) is 12.4 Å². The van der Waals surface area contributed by atoms with Gasteiger partial charge in [0.25, 0.3) is 0 Å². The minimum Gasteiger partial charge on any atom is -0.480 e. The van der Waals surface area contributed by atoms with E-state index < -0.39 is 5.97 Å². The van der Waals surface area contributed by atoms with Gasteiger partial charge < -0.3 is 15.2 Å². The largest absolute Gasteiger partial charge is 0.480 e. The van der Waals surface area contributed by atoms with E-state index in [1.54, 1.807) is 0 Å². The Kier molecular flexibility index (Phi) is 5.29. The summed E-state index contributed by atoms with van der Waals surface area (Å²) in [6, 6.07) is 0. The standard InChI is InChI=1S/C8H15NO3.ClH/c1-8(12-6-7(10)11)2-4-9-5-3-8;/h9H,2-6H2,1H3,(H,10,11);1H. The van der Waals surface area contributed by atoms with Crippen LogP contribution in [0, 0.1) is 0 Å². The molecule has 0 aliphatic carbocycles. The van der Waals surface area contributed by atoms with Gasteiger partial charge in [0.1, 0.15) is 6.61 Å². The zero-order valence-corrected chi connectivity index (χ0v) is 8.52. The maximum absolute atomic E-state index is 10.2. The highest BCUT2D eigenvalue weighted by Crippen LogP contribution is 2.21. The maximum atomic E-state index is 10.2. The Bertz CT molecular complexity index is 169. The van der Waals surface area contributed by atoms with Gasteiger partial charge in [0.05, 0.1) is 5.60 Å². The van der Waals surface area contributed by atoms with Crippen LogP contribution in [0.2, 0.25) is 0 Å². The fourth-order valence-corrected chi connectivity index (χ4v) is 1.34. The van der Waals surface area contributed by atoms with Crippen molar-refractivity contribution in [2.45, 2.75) is 25.4 Å². The minimum absolute atomic E-state index is 0. The number of ether oxygens (including phenoxy) is 1. The predicted octanol–water partition coefficient (Wildman–Crippen LogP) is 0.651. The molecular weight excluding hydrogens is 194 g/mol. The molecule has 4 nitrogen and oxygen atoms in total. The zero-order chi connectivity index (χ0) is 9.03. The molecule has 0 aromatic carbocycles. The fraction of sp³-hybridized carbons (Fsp3) is 0.875. The Labute approximate surface area is 84.1 Å². The van der Waals surface area contributed by atoms with Gasteiger partial charge in [-0.2, -0.15) is 0 Å². The Balaban J connectivity index is 0.00000144. The van der Waals surface area contributed by atoms with E-state index in [1.807, 2.05) is 6.92 Å². The summed E-state index contributed by atoms with van der Waals surface area (Å²) in [6.07, 6.45) is 1.78. The van der Waals surface area contributed by atoms with Crippen LogP contribution >= 0.6 is 12.4 Å². The molecule has 0 aromatic rings. The number of carboxylic acid groups (broad SMARTS) is 1. The number of hydrogen-bond acceptors (Lipinski definition) is 3. The SMILES string of the molecule is CC1(OCC(=O)O)CCNCC1.Cl. The predicted molar refractivity (Wildman–Crippen MR) is 51.3 cm³/mol. The molecule has 0 radical (unpaired) electrons.